The zero-order valence-corrected chi connectivity index (χ0v) is 13.3. The highest BCUT2D eigenvalue weighted by atomic mass is 127. The first-order valence-electron chi connectivity index (χ1n) is 5.89. The van der Waals surface area contributed by atoms with Gasteiger partial charge in [-0.25, -0.2) is 4.79 Å². The standard InChI is InChI=1S/C13H18INO4/c1-4-11(15(2)13(16)17)19-12(18-3)9-7-5-6-8-10(9)14/h5-8,11-12H,4H2,1-3H3,(H,16,17)/t11-,12-/m0/s1. The Balaban J connectivity index is 2.87. The number of carbonyl (C=O) groups is 1. The Morgan fingerprint density at radius 3 is 2.58 bits per heavy atom. The van der Waals surface area contributed by atoms with Crippen LogP contribution in [0.15, 0.2) is 24.3 Å². The van der Waals surface area contributed by atoms with Gasteiger partial charge in [0, 0.05) is 23.3 Å². The van der Waals surface area contributed by atoms with Crippen LogP contribution in [0.25, 0.3) is 0 Å². The fourth-order valence-corrected chi connectivity index (χ4v) is 2.29. The number of halogens is 1. The van der Waals surface area contributed by atoms with Crippen LogP contribution < -0.4 is 0 Å². The van der Waals surface area contributed by atoms with E-state index in [1.165, 1.54) is 7.05 Å². The number of nitrogens with zero attached hydrogens (tertiary/aromatic N) is 1. The summed E-state index contributed by atoms with van der Waals surface area (Å²) in [5, 5.41) is 9.00. The number of carboxylic acid groups (broad SMARTS) is 1. The number of methoxy groups -OCH3 is 1. The van der Waals surface area contributed by atoms with Gasteiger partial charge >= 0.3 is 6.09 Å². The van der Waals surface area contributed by atoms with Crippen LogP contribution >= 0.6 is 22.6 Å². The van der Waals surface area contributed by atoms with E-state index in [4.69, 9.17) is 14.6 Å². The molecule has 6 heteroatoms. The van der Waals surface area contributed by atoms with Gasteiger partial charge in [0.15, 0.2) is 6.29 Å². The molecule has 0 spiro atoms. The Hall–Kier alpha value is -0.860. The van der Waals surface area contributed by atoms with Crippen molar-refractivity contribution in [2.45, 2.75) is 25.9 Å². The fourth-order valence-electron chi connectivity index (χ4n) is 1.65. The van der Waals surface area contributed by atoms with E-state index in [0.717, 1.165) is 14.0 Å². The summed E-state index contributed by atoms with van der Waals surface area (Å²) < 4.78 is 12.1. The predicted octanol–water partition coefficient (Wildman–Crippen LogP) is 3.30. The third-order valence-corrected chi connectivity index (χ3v) is 3.72. The van der Waals surface area contributed by atoms with Gasteiger partial charge in [0.25, 0.3) is 0 Å². The normalized spacial score (nSPS) is 13.9. The van der Waals surface area contributed by atoms with Crippen LogP contribution in [-0.2, 0) is 9.47 Å². The van der Waals surface area contributed by atoms with Crippen molar-refractivity contribution in [2.24, 2.45) is 0 Å². The first-order valence-corrected chi connectivity index (χ1v) is 6.97. The van der Waals surface area contributed by atoms with Gasteiger partial charge < -0.3 is 14.6 Å². The molecule has 0 heterocycles. The molecule has 5 nitrogen and oxygen atoms in total. The third kappa shape index (κ3) is 4.32. The molecule has 0 unspecified atom stereocenters. The Morgan fingerprint density at radius 2 is 2.11 bits per heavy atom. The molecule has 0 aliphatic rings. The lowest BCUT2D eigenvalue weighted by molar-refractivity contribution is -0.191. The van der Waals surface area contributed by atoms with E-state index in [2.05, 4.69) is 22.6 Å². The maximum absolute atomic E-state index is 11.0. The Labute approximate surface area is 126 Å². The summed E-state index contributed by atoms with van der Waals surface area (Å²) in [5.41, 5.74) is 0.892. The molecule has 2 atom stereocenters. The molecule has 0 bridgehead atoms. The van der Waals surface area contributed by atoms with Crippen molar-refractivity contribution in [2.75, 3.05) is 14.2 Å². The minimum Gasteiger partial charge on any atom is -0.465 e. The molecular weight excluding hydrogens is 361 g/mol. The fraction of sp³-hybridized carbons (Fsp3) is 0.462. The number of rotatable bonds is 6. The highest BCUT2D eigenvalue weighted by Gasteiger charge is 2.24. The van der Waals surface area contributed by atoms with E-state index in [1.54, 1.807) is 7.11 Å². The van der Waals surface area contributed by atoms with Gasteiger partial charge in [-0.05, 0) is 35.1 Å². The number of benzene rings is 1. The molecule has 1 N–H and O–H groups in total. The van der Waals surface area contributed by atoms with Crippen LogP contribution in [-0.4, -0.2) is 36.5 Å². The van der Waals surface area contributed by atoms with Crippen LogP contribution in [0.5, 0.6) is 0 Å². The Bertz CT molecular complexity index is 427. The van der Waals surface area contributed by atoms with E-state index < -0.39 is 18.6 Å². The second-order valence-electron chi connectivity index (χ2n) is 3.98. The summed E-state index contributed by atoms with van der Waals surface area (Å²) in [6.07, 6.45) is -1.60. The maximum atomic E-state index is 11.0. The number of amides is 1. The topological polar surface area (TPSA) is 59.0 Å². The molecule has 0 saturated carbocycles. The zero-order valence-electron chi connectivity index (χ0n) is 11.2. The summed E-state index contributed by atoms with van der Waals surface area (Å²) in [4.78, 5) is 12.1. The van der Waals surface area contributed by atoms with Crippen molar-refractivity contribution in [3.05, 3.63) is 33.4 Å². The summed E-state index contributed by atoms with van der Waals surface area (Å²) in [6, 6.07) is 7.68. The molecule has 0 radical (unpaired) electrons. The van der Waals surface area contributed by atoms with Gasteiger partial charge in [0.1, 0.15) is 6.23 Å². The van der Waals surface area contributed by atoms with Gasteiger partial charge in [-0.15, -0.1) is 0 Å². The number of hydrogen-bond acceptors (Lipinski definition) is 3. The lowest BCUT2D eigenvalue weighted by Gasteiger charge is -2.29. The van der Waals surface area contributed by atoms with Gasteiger partial charge in [-0.2, -0.15) is 0 Å². The molecule has 19 heavy (non-hydrogen) atoms. The van der Waals surface area contributed by atoms with Crippen LogP contribution in [0, 0.1) is 3.57 Å². The Kier molecular flexibility index (Phi) is 6.53. The molecule has 0 aliphatic heterocycles. The number of hydrogen-bond donors (Lipinski definition) is 1. The first-order chi connectivity index (χ1) is 9.01. The zero-order chi connectivity index (χ0) is 14.4. The second-order valence-corrected chi connectivity index (χ2v) is 5.14. The van der Waals surface area contributed by atoms with Crippen molar-refractivity contribution in [1.82, 2.24) is 4.90 Å². The highest BCUT2D eigenvalue weighted by molar-refractivity contribution is 14.1. The van der Waals surface area contributed by atoms with Gasteiger partial charge in [-0.3, -0.25) is 4.90 Å². The van der Waals surface area contributed by atoms with Crippen LogP contribution in [0.2, 0.25) is 0 Å². The summed E-state index contributed by atoms with van der Waals surface area (Å²) in [5.74, 6) is 0. The van der Waals surface area contributed by atoms with Gasteiger partial charge in [0.05, 0.1) is 0 Å². The molecule has 0 aliphatic carbocycles. The van der Waals surface area contributed by atoms with Crippen molar-refractivity contribution in [1.29, 1.82) is 0 Å². The van der Waals surface area contributed by atoms with Crippen LogP contribution in [0.1, 0.15) is 25.2 Å². The Morgan fingerprint density at radius 1 is 1.47 bits per heavy atom. The highest BCUT2D eigenvalue weighted by Crippen LogP contribution is 2.26. The molecule has 1 amide bonds. The van der Waals surface area contributed by atoms with E-state index >= 15 is 0 Å². The minimum atomic E-state index is -1.02. The SMILES string of the molecule is CC[C@H](O[C@H](OC)c1ccccc1I)N(C)C(=O)O. The maximum Gasteiger partial charge on any atom is 0.409 e. The molecule has 0 saturated heterocycles. The molecule has 0 aromatic heterocycles. The average Bonchev–Trinajstić information content (AvgIpc) is 2.40. The van der Waals surface area contributed by atoms with Gasteiger partial charge in [-0.1, -0.05) is 25.1 Å². The van der Waals surface area contributed by atoms with Crippen LogP contribution in [0.4, 0.5) is 4.79 Å². The predicted molar refractivity (Wildman–Crippen MR) is 79.9 cm³/mol. The smallest absolute Gasteiger partial charge is 0.409 e. The van der Waals surface area contributed by atoms with Crippen molar-refractivity contribution in [3.63, 3.8) is 0 Å². The minimum absolute atomic E-state index is 0.543. The lowest BCUT2D eigenvalue weighted by atomic mass is 10.2. The van der Waals surface area contributed by atoms with Crippen LogP contribution in [0.3, 0.4) is 0 Å². The monoisotopic (exact) mass is 379 g/mol. The van der Waals surface area contributed by atoms with Crippen molar-refractivity contribution in [3.8, 4) is 0 Å². The van der Waals surface area contributed by atoms with E-state index in [-0.39, 0.29) is 0 Å². The molecule has 1 rings (SSSR count). The van der Waals surface area contributed by atoms with E-state index in [9.17, 15) is 4.79 Å². The van der Waals surface area contributed by atoms with Crippen molar-refractivity contribution >= 4 is 28.7 Å². The van der Waals surface area contributed by atoms with E-state index in [1.807, 2.05) is 31.2 Å². The molecule has 0 fully saturated rings. The largest absolute Gasteiger partial charge is 0.465 e. The first kappa shape index (κ1) is 16.2. The van der Waals surface area contributed by atoms with Gasteiger partial charge in [0.2, 0.25) is 0 Å². The number of ether oxygens (including phenoxy) is 2. The molecule has 106 valence electrons. The molecule has 1 aromatic carbocycles. The van der Waals surface area contributed by atoms with E-state index in [0.29, 0.717) is 6.42 Å². The third-order valence-electron chi connectivity index (χ3n) is 2.74. The van der Waals surface area contributed by atoms with Crippen molar-refractivity contribution < 1.29 is 19.4 Å². The second kappa shape index (κ2) is 7.66. The summed E-state index contributed by atoms with van der Waals surface area (Å²) in [6.45, 7) is 1.87. The summed E-state index contributed by atoms with van der Waals surface area (Å²) in [7, 11) is 3.03. The lowest BCUT2D eigenvalue weighted by Crippen LogP contribution is -2.38. The molecular formula is C13H18INO4. The average molecular weight is 379 g/mol. The molecule has 1 aromatic rings. The summed E-state index contributed by atoms with van der Waals surface area (Å²) >= 11 is 2.20. The quantitative estimate of drug-likeness (QED) is 0.609.